The van der Waals surface area contributed by atoms with Crippen LogP contribution in [0.2, 0.25) is 0 Å². The Hall–Kier alpha value is -5.17. The number of aromatic nitrogens is 3. The van der Waals surface area contributed by atoms with E-state index in [1.807, 2.05) is 18.5 Å². The van der Waals surface area contributed by atoms with Gasteiger partial charge in [0.2, 0.25) is 11.8 Å². The fourth-order valence-corrected chi connectivity index (χ4v) is 5.68. The number of rotatable bonds is 6. The molecule has 2 aliphatic rings. The van der Waals surface area contributed by atoms with Gasteiger partial charge >= 0.3 is 0 Å². The van der Waals surface area contributed by atoms with E-state index in [2.05, 4.69) is 138 Å². The topological polar surface area (TPSA) is 81.9 Å². The van der Waals surface area contributed by atoms with Crippen LogP contribution in [0.3, 0.4) is 0 Å². The van der Waals surface area contributed by atoms with E-state index in [1.165, 1.54) is 5.56 Å². The normalized spacial score (nSPS) is 18.4. The highest BCUT2D eigenvalue weighted by atomic mass is 16.5. The summed E-state index contributed by atoms with van der Waals surface area (Å²) in [6.07, 6.45) is 7.27. The van der Waals surface area contributed by atoms with Crippen molar-refractivity contribution in [1.29, 1.82) is 0 Å². The van der Waals surface area contributed by atoms with E-state index >= 15 is 0 Å². The molecule has 0 saturated heterocycles. The SMILES string of the molecule is CC1(C)N=C(c2cncc(-c3cc(-c4ccc(-c5ccccc5)cc4)cc(-c4cncc(C5=NC(C)(C)C(C)(C)O5)c4)n3)c2)OC1(C)C. The molecule has 0 amide bonds. The van der Waals surface area contributed by atoms with Crippen molar-refractivity contribution < 1.29 is 9.47 Å². The maximum atomic E-state index is 6.32. The Morgan fingerprint density at radius 3 is 1.23 bits per heavy atom. The van der Waals surface area contributed by atoms with Crippen molar-refractivity contribution >= 4 is 11.8 Å². The molecule has 7 heteroatoms. The summed E-state index contributed by atoms with van der Waals surface area (Å²) in [4.78, 5) is 24.2. The molecule has 3 aromatic heterocycles. The van der Waals surface area contributed by atoms with Gasteiger partial charge < -0.3 is 9.47 Å². The summed E-state index contributed by atoms with van der Waals surface area (Å²) in [5, 5.41) is 0. The zero-order valence-electron chi connectivity index (χ0n) is 28.9. The highest BCUT2D eigenvalue weighted by Gasteiger charge is 2.46. The molecule has 2 aromatic carbocycles. The number of hydrogen-bond acceptors (Lipinski definition) is 7. The first-order chi connectivity index (χ1) is 22.7. The van der Waals surface area contributed by atoms with E-state index in [4.69, 9.17) is 24.4 Å². The summed E-state index contributed by atoms with van der Waals surface area (Å²) < 4.78 is 12.6. The fourth-order valence-electron chi connectivity index (χ4n) is 5.68. The third-order valence-corrected chi connectivity index (χ3v) is 10.1. The van der Waals surface area contributed by atoms with Gasteiger partial charge in [0.05, 0.1) is 33.6 Å². The van der Waals surface area contributed by atoms with E-state index < -0.39 is 11.2 Å². The van der Waals surface area contributed by atoms with Gasteiger partial charge in [0.15, 0.2) is 0 Å². The molecule has 0 spiro atoms. The quantitative estimate of drug-likeness (QED) is 0.186. The number of hydrogen-bond donors (Lipinski definition) is 0. The van der Waals surface area contributed by atoms with Crippen LogP contribution < -0.4 is 0 Å². The number of aliphatic imine (C=N–C) groups is 2. The molecule has 48 heavy (non-hydrogen) atoms. The lowest BCUT2D eigenvalue weighted by Gasteiger charge is -2.30. The van der Waals surface area contributed by atoms with Gasteiger partial charge in [0.25, 0.3) is 0 Å². The summed E-state index contributed by atoms with van der Waals surface area (Å²) in [6, 6.07) is 27.4. The van der Waals surface area contributed by atoms with Crippen LogP contribution in [-0.2, 0) is 9.47 Å². The van der Waals surface area contributed by atoms with Crippen molar-refractivity contribution in [2.24, 2.45) is 9.98 Å². The van der Waals surface area contributed by atoms with Crippen LogP contribution in [0.1, 0.15) is 66.5 Å². The molecule has 0 unspecified atom stereocenters. The smallest absolute Gasteiger partial charge is 0.218 e. The van der Waals surface area contributed by atoms with E-state index in [1.54, 1.807) is 12.4 Å². The molecule has 0 saturated carbocycles. The molecule has 0 bridgehead atoms. The van der Waals surface area contributed by atoms with E-state index in [0.29, 0.717) is 11.8 Å². The van der Waals surface area contributed by atoms with E-state index in [0.717, 1.165) is 50.3 Å². The molecule has 7 rings (SSSR count). The largest absolute Gasteiger partial charge is 0.469 e. The first-order valence-corrected chi connectivity index (χ1v) is 16.4. The van der Waals surface area contributed by atoms with Crippen LogP contribution in [0, 0.1) is 0 Å². The summed E-state index contributed by atoms with van der Waals surface area (Å²) in [5.41, 5.74) is 7.74. The molecule has 5 aromatic rings. The molecule has 5 heterocycles. The number of pyridine rings is 3. The first kappa shape index (κ1) is 31.4. The summed E-state index contributed by atoms with van der Waals surface area (Å²) in [5.74, 6) is 1.18. The zero-order chi connectivity index (χ0) is 33.9. The van der Waals surface area contributed by atoms with Gasteiger partial charge in [-0.3, -0.25) is 9.97 Å². The second-order valence-corrected chi connectivity index (χ2v) is 14.7. The standard InChI is InChI=1S/C41H41N5O2/c1-38(2)40(5,6)47-36(45-38)32-18-30(22-42-24-32)34-20-29(28-16-14-27(15-17-28)26-12-10-9-11-13-26)21-35(44-34)31-19-33(25-43-23-31)37-46-39(3,4)41(7,8)48-37/h9-25H,1-8H3. The zero-order valence-corrected chi connectivity index (χ0v) is 28.9. The van der Waals surface area contributed by atoms with Gasteiger partial charge in [-0.2, -0.15) is 0 Å². The van der Waals surface area contributed by atoms with Gasteiger partial charge in [0, 0.05) is 35.9 Å². The first-order valence-electron chi connectivity index (χ1n) is 16.4. The van der Waals surface area contributed by atoms with Crippen LogP contribution in [-0.4, -0.2) is 49.0 Å². The Kier molecular flexibility index (Phi) is 7.35. The van der Waals surface area contributed by atoms with Crippen LogP contribution in [0.4, 0.5) is 0 Å². The van der Waals surface area contributed by atoms with Crippen molar-refractivity contribution in [2.75, 3.05) is 0 Å². The van der Waals surface area contributed by atoms with Gasteiger partial charge in [-0.15, -0.1) is 0 Å². The van der Waals surface area contributed by atoms with Crippen molar-refractivity contribution in [3.05, 3.63) is 115 Å². The highest BCUT2D eigenvalue weighted by Crippen LogP contribution is 2.39. The second kappa shape index (κ2) is 11.2. The van der Waals surface area contributed by atoms with Gasteiger partial charge in [-0.05, 0) is 102 Å². The third-order valence-electron chi connectivity index (χ3n) is 10.1. The minimum Gasteiger partial charge on any atom is -0.469 e. The third kappa shape index (κ3) is 5.68. The highest BCUT2D eigenvalue weighted by molar-refractivity contribution is 5.98. The van der Waals surface area contributed by atoms with Crippen molar-refractivity contribution in [1.82, 2.24) is 15.0 Å². The molecule has 0 atom stereocenters. The molecular formula is C41H41N5O2. The average molecular weight is 636 g/mol. The van der Waals surface area contributed by atoms with Gasteiger partial charge in [-0.1, -0.05) is 54.6 Å². The molecular weight excluding hydrogens is 594 g/mol. The maximum absolute atomic E-state index is 6.32. The molecule has 0 radical (unpaired) electrons. The lowest BCUT2D eigenvalue weighted by atomic mass is 9.87. The van der Waals surface area contributed by atoms with E-state index in [-0.39, 0.29) is 11.1 Å². The maximum Gasteiger partial charge on any atom is 0.218 e. The number of benzene rings is 2. The predicted molar refractivity (Wildman–Crippen MR) is 193 cm³/mol. The number of ether oxygens (including phenoxy) is 2. The summed E-state index contributed by atoms with van der Waals surface area (Å²) in [6.45, 7) is 16.6. The van der Waals surface area contributed by atoms with Crippen LogP contribution in [0.15, 0.2) is 114 Å². The average Bonchev–Trinajstić information content (AvgIpc) is 3.44. The van der Waals surface area contributed by atoms with Gasteiger partial charge in [0.1, 0.15) is 11.2 Å². The monoisotopic (exact) mass is 635 g/mol. The van der Waals surface area contributed by atoms with Crippen molar-refractivity contribution in [3.63, 3.8) is 0 Å². The Labute approximate surface area is 282 Å². The lowest BCUT2D eigenvalue weighted by Crippen LogP contribution is -2.41. The predicted octanol–water partition coefficient (Wildman–Crippen LogP) is 9.21. The summed E-state index contributed by atoms with van der Waals surface area (Å²) >= 11 is 0. The molecule has 7 nitrogen and oxygen atoms in total. The van der Waals surface area contributed by atoms with Crippen LogP contribution in [0.5, 0.6) is 0 Å². The Bertz CT molecular complexity index is 1970. The molecule has 242 valence electrons. The van der Waals surface area contributed by atoms with Crippen molar-refractivity contribution in [3.8, 4) is 44.8 Å². The molecule has 2 aliphatic heterocycles. The Morgan fingerprint density at radius 1 is 0.417 bits per heavy atom. The molecule has 0 aliphatic carbocycles. The van der Waals surface area contributed by atoms with Crippen LogP contribution in [0.25, 0.3) is 44.8 Å². The van der Waals surface area contributed by atoms with Crippen LogP contribution >= 0.6 is 0 Å². The minimum absolute atomic E-state index is 0.370. The Morgan fingerprint density at radius 2 is 0.812 bits per heavy atom. The molecule has 0 N–H and O–H groups in total. The van der Waals surface area contributed by atoms with Crippen molar-refractivity contribution in [2.45, 2.75) is 77.7 Å². The lowest BCUT2D eigenvalue weighted by molar-refractivity contribution is 0.0618. The minimum atomic E-state index is -0.439. The van der Waals surface area contributed by atoms with E-state index in [9.17, 15) is 0 Å². The summed E-state index contributed by atoms with van der Waals surface area (Å²) in [7, 11) is 0. The second-order valence-electron chi connectivity index (χ2n) is 14.7. The van der Waals surface area contributed by atoms with Gasteiger partial charge in [-0.25, -0.2) is 15.0 Å². The Balaban J connectivity index is 1.32. The number of nitrogens with zero attached hydrogens (tertiary/aromatic N) is 5. The molecule has 0 fully saturated rings. The fraction of sp³-hybridized carbons (Fsp3) is 0.293.